The maximum Gasteiger partial charge on any atom is 0.222 e. The lowest BCUT2D eigenvalue weighted by atomic mass is 10.1. The second-order valence-corrected chi connectivity index (χ2v) is 8.37. The van der Waals surface area contributed by atoms with Crippen LogP contribution in [0.3, 0.4) is 0 Å². The zero-order chi connectivity index (χ0) is 21.8. The van der Waals surface area contributed by atoms with Gasteiger partial charge in [-0.2, -0.15) is 0 Å². The summed E-state index contributed by atoms with van der Waals surface area (Å²) in [7, 11) is 2.15. The molecule has 168 valence electrons. The van der Waals surface area contributed by atoms with Crippen LogP contribution < -0.4 is 5.32 Å². The zero-order valence-electron chi connectivity index (χ0n) is 19.1. The summed E-state index contributed by atoms with van der Waals surface area (Å²) in [6.45, 7) is 10.8. The van der Waals surface area contributed by atoms with Crippen molar-refractivity contribution in [1.82, 2.24) is 20.0 Å². The summed E-state index contributed by atoms with van der Waals surface area (Å²) in [4.78, 5) is 31.8. The Morgan fingerprint density at radius 1 is 1.00 bits per heavy atom. The SMILES string of the molecule is CCCN(CCC)C(=O)CCCC(=O)NC(CN1CCN(C)CC1)c1ccccc1. The summed E-state index contributed by atoms with van der Waals surface area (Å²) >= 11 is 0. The van der Waals surface area contributed by atoms with E-state index >= 15 is 0 Å². The van der Waals surface area contributed by atoms with Crippen LogP contribution in [0.1, 0.15) is 57.6 Å². The Labute approximate surface area is 182 Å². The topological polar surface area (TPSA) is 55.9 Å². The predicted octanol–water partition coefficient (Wildman–Crippen LogP) is 2.91. The normalized spacial score (nSPS) is 16.2. The van der Waals surface area contributed by atoms with Crippen LogP contribution in [-0.4, -0.2) is 79.4 Å². The number of likely N-dealkylation sites (N-methyl/N-ethyl adjacent to an activating group) is 1. The first-order valence-electron chi connectivity index (χ1n) is 11.6. The van der Waals surface area contributed by atoms with Crippen molar-refractivity contribution >= 4 is 11.8 Å². The lowest BCUT2D eigenvalue weighted by Gasteiger charge is -2.35. The van der Waals surface area contributed by atoms with Crippen molar-refractivity contribution in [3.05, 3.63) is 35.9 Å². The molecule has 30 heavy (non-hydrogen) atoms. The quantitative estimate of drug-likeness (QED) is 0.569. The van der Waals surface area contributed by atoms with Crippen molar-refractivity contribution in [1.29, 1.82) is 0 Å². The third kappa shape index (κ3) is 8.44. The van der Waals surface area contributed by atoms with Crippen molar-refractivity contribution in [2.45, 2.75) is 52.0 Å². The maximum atomic E-state index is 12.7. The first-order chi connectivity index (χ1) is 14.5. The van der Waals surface area contributed by atoms with Gasteiger partial charge in [0.25, 0.3) is 0 Å². The molecule has 1 unspecified atom stereocenters. The van der Waals surface area contributed by atoms with E-state index in [0.29, 0.717) is 19.3 Å². The number of carbonyl (C=O) groups excluding carboxylic acids is 2. The molecule has 0 aromatic heterocycles. The molecule has 1 fully saturated rings. The monoisotopic (exact) mass is 416 g/mol. The molecule has 1 aromatic rings. The Morgan fingerprint density at radius 3 is 2.23 bits per heavy atom. The molecule has 1 atom stereocenters. The van der Waals surface area contributed by atoms with Gasteiger partial charge in [0, 0.05) is 58.7 Å². The van der Waals surface area contributed by atoms with E-state index in [1.165, 1.54) is 0 Å². The molecule has 1 saturated heterocycles. The molecular formula is C24H40N4O2. The van der Waals surface area contributed by atoms with E-state index in [4.69, 9.17) is 0 Å². The van der Waals surface area contributed by atoms with Crippen LogP contribution in [0.5, 0.6) is 0 Å². The van der Waals surface area contributed by atoms with E-state index in [1.807, 2.05) is 23.1 Å². The standard InChI is InChI=1S/C24H40N4O2/c1-4-14-28(15-5-2)24(30)13-9-12-23(29)25-22(21-10-7-6-8-11-21)20-27-18-16-26(3)17-19-27/h6-8,10-11,22H,4-5,9,12-20H2,1-3H3,(H,25,29). The molecule has 6 nitrogen and oxygen atoms in total. The predicted molar refractivity (Wildman–Crippen MR) is 122 cm³/mol. The summed E-state index contributed by atoms with van der Waals surface area (Å²) in [5, 5.41) is 3.23. The number of benzene rings is 1. The van der Waals surface area contributed by atoms with Gasteiger partial charge in [-0.3, -0.25) is 14.5 Å². The number of nitrogens with one attached hydrogen (secondary N) is 1. The molecule has 1 aromatic carbocycles. The molecule has 2 rings (SSSR count). The van der Waals surface area contributed by atoms with Gasteiger partial charge in [-0.1, -0.05) is 44.2 Å². The minimum Gasteiger partial charge on any atom is -0.348 e. The highest BCUT2D eigenvalue weighted by Gasteiger charge is 2.21. The molecule has 0 spiro atoms. The van der Waals surface area contributed by atoms with Gasteiger partial charge in [0.2, 0.25) is 11.8 Å². The summed E-state index contributed by atoms with van der Waals surface area (Å²) in [6.07, 6.45) is 3.38. The Hall–Kier alpha value is -1.92. The largest absolute Gasteiger partial charge is 0.348 e. The highest BCUT2D eigenvalue weighted by Crippen LogP contribution is 2.16. The van der Waals surface area contributed by atoms with E-state index in [0.717, 1.165) is 64.2 Å². The van der Waals surface area contributed by atoms with Crippen molar-refractivity contribution in [3.63, 3.8) is 0 Å². The summed E-state index contributed by atoms with van der Waals surface area (Å²) < 4.78 is 0. The van der Waals surface area contributed by atoms with Crippen LogP contribution in [-0.2, 0) is 9.59 Å². The summed E-state index contributed by atoms with van der Waals surface area (Å²) in [5.41, 5.74) is 1.14. The van der Waals surface area contributed by atoms with Gasteiger partial charge in [0.15, 0.2) is 0 Å². The fraction of sp³-hybridized carbons (Fsp3) is 0.667. The Bertz CT molecular complexity index is 623. The number of hydrogen-bond acceptors (Lipinski definition) is 4. The summed E-state index contributed by atoms with van der Waals surface area (Å²) in [6, 6.07) is 10.2. The Balaban J connectivity index is 1.85. The molecule has 0 bridgehead atoms. The van der Waals surface area contributed by atoms with Gasteiger partial charge in [-0.05, 0) is 31.9 Å². The average molecular weight is 417 g/mol. The molecule has 0 saturated carbocycles. The van der Waals surface area contributed by atoms with Crippen molar-refractivity contribution in [3.8, 4) is 0 Å². The maximum absolute atomic E-state index is 12.7. The van der Waals surface area contributed by atoms with Crippen LogP contribution in [0.4, 0.5) is 0 Å². The summed E-state index contributed by atoms with van der Waals surface area (Å²) in [5.74, 6) is 0.201. The lowest BCUT2D eigenvalue weighted by molar-refractivity contribution is -0.131. The van der Waals surface area contributed by atoms with Crippen LogP contribution >= 0.6 is 0 Å². The molecular weight excluding hydrogens is 376 g/mol. The van der Waals surface area contributed by atoms with Gasteiger partial charge in [0.05, 0.1) is 6.04 Å². The first-order valence-corrected chi connectivity index (χ1v) is 11.6. The minimum absolute atomic E-state index is 0.0190. The van der Waals surface area contributed by atoms with Crippen LogP contribution in [0, 0.1) is 0 Å². The fourth-order valence-electron chi connectivity index (χ4n) is 3.93. The van der Waals surface area contributed by atoms with Crippen LogP contribution in [0.15, 0.2) is 30.3 Å². The van der Waals surface area contributed by atoms with E-state index in [2.05, 4.69) is 48.1 Å². The lowest BCUT2D eigenvalue weighted by Crippen LogP contribution is -2.47. The fourth-order valence-corrected chi connectivity index (χ4v) is 3.93. The van der Waals surface area contributed by atoms with E-state index < -0.39 is 0 Å². The van der Waals surface area contributed by atoms with Gasteiger partial charge < -0.3 is 15.1 Å². The molecule has 1 aliphatic rings. The molecule has 0 aliphatic carbocycles. The molecule has 2 amide bonds. The van der Waals surface area contributed by atoms with Gasteiger partial charge in [-0.25, -0.2) is 0 Å². The number of nitrogens with zero attached hydrogens (tertiary/aromatic N) is 3. The van der Waals surface area contributed by atoms with Gasteiger partial charge in [-0.15, -0.1) is 0 Å². The number of carbonyl (C=O) groups is 2. The van der Waals surface area contributed by atoms with Crippen molar-refractivity contribution in [2.24, 2.45) is 0 Å². The number of hydrogen-bond donors (Lipinski definition) is 1. The van der Waals surface area contributed by atoms with Crippen LogP contribution in [0.25, 0.3) is 0 Å². The number of piperazine rings is 1. The second kappa shape index (κ2) is 13.4. The first kappa shape index (κ1) is 24.4. The third-order valence-electron chi connectivity index (χ3n) is 5.71. The molecule has 1 N–H and O–H groups in total. The van der Waals surface area contributed by atoms with Gasteiger partial charge in [0.1, 0.15) is 0 Å². The highest BCUT2D eigenvalue weighted by molar-refractivity contribution is 5.79. The molecule has 1 heterocycles. The highest BCUT2D eigenvalue weighted by atomic mass is 16.2. The third-order valence-corrected chi connectivity index (χ3v) is 5.71. The zero-order valence-corrected chi connectivity index (χ0v) is 19.1. The Kier molecular flexibility index (Phi) is 10.9. The smallest absolute Gasteiger partial charge is 0.222 e. The van der Waals surface area contributed by atoms with E-state index in [9.17, 15) is 9.59 Å². The average Bonchev–Trinajstić information content (AvgIpc) is 2.75. The molecule has 0 radical (unpaired) electrons. The van der Waals surface area contributed by atoms with Gasteiger partial charge >= 0.3 is 0 Å². The Morgan fingerprint density at radius 2 is 1.63 bits per heavy atom. The molecule has 1 aliphatic heterocycles. The van der Waals surface area contributed by atoms with Crippen LogP contribution in [0.2, 0.25) is 0 Å². The van der Waals surface area contributed by atoms with E-state index in [-0.39, 0.29) is 17.9 Å². The van der Waals surface area contributed by atoms with Crippen molar-refractivity contribution in [2.75, 3.05) is 52.9 Å². The second-order valence-electron chi connectivity index (χ2n) is 8.37. The number of amides is 2. The molecule has 6 heteroatoms. The number of rotatable bonds is 12. The minimum atomic E-state index is -0.0190. The van der Waals surface area contributed by atoms with Crippen molar-refractivity contribution < 1.29 is 9.59 Å². The van der Waals surface area contributed by atoms with E-state index in [1.54, 1.807) is 0 Å².